The van der Waals surface area contributed by atoms with Crippen molar-refractivity contribution < 1.29 is 19.7 Å². The first kappa shape index (κ1) is 16.7. The van der Waals surface area contributed by atoms with Crippen molar-refractivity contribution in [1.82, 2.24) is 0 Å². The fourth-order valence-corrected chi connectivity index (χ4v) is 0.0913. The Bertz CT molecular complexity index is 60.7. The van der Waals surface area contributed by atoms with Crippen molar-refractivity contribution in [2.24, 2.45) is 0 Å². The predicted molar refractivity (Wildman–Crippen MR) is 40.8 cm³/mol. The molecule has 10 heavy (non-hydrogen) atoms. The Hall–Kier alpha value is 0.312. The molecule has 0 atom stereocenters. The molecule has 0 unspecified atom stereocenters. The van der Waals surface area contributed by atoms with E-state index in [4.69, 9.17) is 15.0 Å². The first-order valence-electron chi connectivity index (χ1n) is 2.44. The molecule has 0 aromatic carbocycles. The first-order chi connectivity index (χ1) is 4.15. The number of carbonyl (C=O) groups is 1. The van der Waals surface area contributed by atoms with Crippen molar-refractivity contribution in [1.29, 1.82) is 0 Å². The number of hydrogen-bond acceptors (Lipinski definition) is 3. The Morgan fingerprint density at radius 1 is 1.60 bits per heavy atom. The molecule has 2 N–H and O–H groups in total. The predicted octanol–water partition coefficient (Wildman–Crippen LogP) is -1.20. The number of rotatable bonds is 2. The Morgan fingerprint density at radius 3 is 1.90 bits per heavy atom. The van der Waals surface area contributed by atoms with E-state index in [9.17, 15) is 0 Å². The molecular weight excluding hydrogens is 331 g/mol. The van der Waals surface area contributed by atoms with Crippen LogP contribution in [0.25, 0.3) is 0 Å². The fraction of sp³-hybridized carbons (Fsp3) is 0.800. The summed E-state index contributed by atoms with van der Waals surface area (Å²) in [6.45, 7) is 1.65. The van der Waals surface area contributed by atoms with E-state index in [2.05, 4.69) is 4.74 Å². The topological polar surface area (TPSA) is 66.8 Å². The van der Waals surface area contributed by atoms with Crippen LogP contribution in [-0.2, 0) is 9.53 Å². The molecule has 0 amide bonds. The van der Waals surface area contributed by atoms with Crippen molar-refractivity contribution in [2.75, 3.05) is 20.3 Å². The number of hydrogen-bond donors (Lipinski definition) is 2. The molecule has 0 aliphatic heterocycles. The quantitative estimate of drug-likeness (QED) is 0.617. The van der Waals surface area contributed by atoms with Crippen LogP contribution < -0.4 is 0 Å². The summed E-state index contributed by atoms with van der Waals surface area (Å²) in [6, 6.07) is 0. The molecule has 0 aromatic heterocycles. The number of carboxylic acids is 1. The van der Waals surface area contributed by atoms with Crippen LogP contribution in [0.1, 0.15) is 6.92 Å². The number of methoxy groups -OCH3 is 1. The SMILES string of the molecule is CC(=O)O.COCCO.[PbH2]. The van der Waals surface area contributed by atoms with Gasteiger partial charge in [0, 0.05) is 14.0 Å². The van der Waals surface area contributed by atoms with Gasteiger partial charge in [-0.25, -0.2) is 0 Å². The molecular formula is C5H14O4Pb. The van der Waals surface area contributed by atoms with Gasteiger partial charge in [-0.1, -0.05) is 0 Å². The van der Waals surface area contributed by atoms with E-state index in [0.29, 0.717) is 6.61 Å². The van der Waals surface area contributed by atoms with E-state index >= 15 is 0 Å². The van der Waals surface area contributed by atoms with E-state index in [1.807, 2.05) is 0 Å². The molecule has 0 saturated carbocycles. The van der Waals surface area contributed by atoms with E-state index < -0.39 is 5.97 Å². The van der Waals surface area contributed by atoms with Gasteiger partial charge in [0.05, 0.1) is 13.2 Å². The molecule has 0 aromatic rings. The fourth-order valence-electron chi connectivity index (χ4n) is 0.0913. The Labute approximate surface area is 80.4 Å². The van der Waals surface area contributed by atoms with Gasteiger partial charge in [-0.05, 0) is 0 Å². The summed E-state index contributed by atoms with van der Waals surface area (Å²) >= 11 is 0. The monoisotopic (exact) mass is 346 g/mol. The average molecular weight is 345 g/mol. The summed E-state index contributed by atoms with van der Waals surface area (Å²) in [5.74, 6) is -0.833. The number of ether oxygens (including phenoxy) is 1. The van der Waals surface area contributed by atoms with Gasteiger partial charge in [0.1, 0.15) is 0 Å². The summed E-state index contributed by atoms with van der Waals surface area (Å²) in [5.41, 5.74) is 0. The number of aliphatic hydroxyl groups is 1. The van der Waals surface area contributed by atoms with E-state index in [1.165, 1.54) is 0 Å². The number of aliphatic hydroxyl groups excluding tert-OH is 1. The van der Waals surface area contributed by atoms with Crippen LogP contribution in [0.15, 0.2) is 0 Å². The van der Waals surface area contributed by atoms with Crippen LogP contribution in [-0.4, -0.2) is 63.8 Å². The van der Waals surface area contributed by atoms with E-state index in [1.54, 1.807) is 7.11 Å². The van der Waals surface area contributed by atoms with Crippen LogP contribution >= 0.6 is 0 Å². The van der Waals surface area contributed by atoms with Gasteiger partial charge in [0.15, 0.2) is 0 Å². The van der Waals surface area contributed by atoms with Crippen molar-refractivity contribution in [2.45, 2.75) is 6.92 Å². The first-order valence-corrected chi connectivity index (χ1v) is 2.44. The third kappa shape index (κ3) is 83.1. The van der Waals surface area contributed by atoms with Gasteiger partial charge >= 0.3 is 27.3 Å². The van der Waals surface area contributed by atoms with Gasteiger partial charge in [0.25, 0.3) is 5.97 Å². The molecule has 0 spiro atoms. The van der Waals surface area contributed by atoms with Gasteiger partial charge in [-0.15, -0.1) is 0 Å². The zero-order valence-electron chi connectivity index (χ0n) is 6.33. The third-order valence-electron chi connectivity index (χ3n) is 0.295. The second-order valence-electron chi connectivity index (χ2n) is 1.24. The molecule has 62 valence electrons. The molecule has 0 bridgehead atoms. The Balaban J connectivity index is -0.0000000910. The van der Waals surface area contributed by atoms with Gasteiger partial charge in [-0.3, -0.25) is 4.79 Å². The second-order valence-corrected chi connectivity index (χ2v) is 1.24. The molecule has 4 nitrogen and oxygen atoms in total. The standard InChI is InChI=1S/C3H8O2.C2H4O2.Pb.2H/c1-5-3-2-4;1-2(3)4;;;/h4H,2-3H2,1H3;1H3,(H,3,4);;;. The van der Waals surface area contributed by atoms with Crippen molar-refractivity contribution in [3.05, 3.63) is 0 Å². The maximum absolute atomic E-state index is 9.00. The minimum atomic E-state index is -0.833. The van der Waals surface area contributed by atoms with Gasteiger partial charge in [0.2, 0.25) is 0 Å². The molecule has 0 heterocycles. The van der Waals surface area contributed by atoms with Crippen LogP contribution in [0.5, 0.6) is 0 Å². The summed E-state index contributed by atoms with van der Waals surface area (Å²) in [6.07, 6.45) is 0. The Kier molecular flexibility index (Phi) is 27.0. The van der Waals surface area contributed by atoms with Gasteiger partial charge in [-0.2, -0.15) is 0 Å². The summed E-state index contributed by atoms with van der Waals surface area (Å²) in [4.78, 5) is 9.00. The minimum absolute atomic E-state index is 0. The second kappa shape index (κ2) is 16.1. The van der Waals surface area contributed by atoms with E-state index in [0.717, 1.165) is 6.92 Å². The summed E-state index contributed by atoms with van der Waals surface area (Å²) in [5, 5.41) is 15.4. The van der Waals surface area contributed by atoms with Crippen molar-refractivity contribution >= 4 is 33.3 Å². The summed E-state index contributed by atoms with van der Waals surface area (Å²) < 4.78 is 4.44. The van der Waals surface area contributed by atoms with Crippen molar-refractivity contribution in [3.63, 3.8) is 0 Å². The zero-order valence-corrected chi connectivity index (χ0v) is 11.8. The third-order valence-corrected chi connectivity index (χ3v) is 0.295. The molecule has 2 radical (unpaired) electrons. The molecule has 0 rings (SSSR count). The van der Waals surface area contributed by atoms with Gasteiger partial charge < -0.3 is 14.9 Å². The van der Waals surface area contributed by atoms with Crippen molar-refractivity contribution in [3.8, 4) is 0 Å². The van der Waals surface area contributed by atoms with Crippen LogP contribution in [0.4, 0.5) is 0 Å². The molecule has 5 heteroatoms. The number of aliphatic carboxylic acids is 1. The molecule has 0 saturated heterocycles. The zero-order chi connectivity index (χ0) is 7.70. The van der Waals surface area contributed by atoms with E-state index in [-0.39, 0.29) is 33.9 Å². The van der Waals surface area contributed by atoms with Crippen LogP contribution in [0.2, 0.25) is 0 Å². The normalized spacial score (nSPS) is 6.70. The number of carboxylic acid groups (broad SMARTS) is 1. The maximum atomic E-state index is 9.00. The van der Waals surface area contributed by atoms with Crippen LogP contribution in [0, 0.1) is 0 Å². The molecule has 0 aliphatic carbocycles. The molecule has 0 aliphatic rings. The average Bonchev–Trinajstić information content (AvgIpc) is 1.66. The summed E-state index contributed by atoms with van der Waals surface area (Å²) in [7, 11) is 1.55. The molecule has 0 fully saturated rings. The van der Waals surface area contributed by atoms with Crippen LogP contribution in [0.3, 0.4) is 0 Å². The Morgan fingerprint density at radius 2 is 1.90 bits per heavy atom.